The molecule has 0 unspecified atom stereocenters. The summed E-state index contributed by atoms with van der Waals surface area (Å²) < 4.78 is 37.9. The molecule has 20 heavy (non-hydrogen) atoms. The van der Waals surface area contributed by atoms with Crippen LogP contribution in [0.1, 0.15) is 0 Å². The molecule has 2 aromatic rings. The van der Waals surface area contributed by atoms with Crippen molar-refractivity contribution in [2.45, 2.75) is 6.18 Å². The molecule has 0 amide bonds. The van der Waals surface area contributed by atoms with E-state index in [-0.39, 0.29) is 13.2 Å². The molecule has 4 nitrogen and oxygen atoms in total. The third kappa shape index (κ3) is 3.11. The number of aromatic nitrogens is 1. The highest BCUT2D eigenvalue weighted by molar-refractivity contribution is 5.98. The summed E-state index contributed by atoms with van der Waals surface area (Å²) in [4.78, 5) is 5.16. The van der Waals surface area contributed by atoms with E-state index >= 15 is 0 Å². The predicted octanol–water partition coefficient (Wildman–Crippen LogP) is 2.18. The van der Waals surface area contributed by atoms with Gasteiger partial charge < -0.3 is 15.7 Å². The van der Waals surface area contributed by atoms with Gasteiger partial charge in [0, 0.05) is 23.8 Å². The van der Waals surface area contributed by atoms with Crippen molar-refractivity contribution >= 4 is 22.3 Å². The number of pyridine rings is 1. The van der Waals surface area contributed by atoms with Crippen LogP contribution >= 0.6 is 0 Å². The highest BCUT2D eigenvalue weighted by Gasteiger charge is 2.31. The number of halogens is 3. The average Bonchev–Trinajstić information content (AvgIpc) is 2.37. The van der Waals surface area contributed by atoms with Gasteiger partial charge in [0.25, 0.3) is 0 Å². The molecule has 0 spiro atoms. The third-order valence-electron chi connectivity index (χ3n) is 2.86. The molecule has 0 saturated carbocycles. The Kier molecular flexibility index (Phi) is 3.99. The summed E-state index contributed by atoms with van der Waals surface area (Å²) in [6, 6.07) is 6.45. The van der Waals surface area contributed by atoms with E-state index in [0.29, 0.717) is 22.3 Å². The van der Waals surface area contributed by atoms with Crippen LogP contribution in [0.2, 0.25) is 0 Å². The normalized spacial score (nSPS) is 11.8. The quantitative estimate of drug-likeness (QED) is 0.845. The molecule has 3 N–H and O–H groups in total. The van der Waals surface area contributed by atoms with Crippen molar-refractivity contribution < 1.29 is 18.3 Å². The number of aliphatic hydroxyl groups excluding tert-OH is 1. The largest absolute Gasteiger partial charge is 0.405 e. The minimum absolute atomic E-state index is 0.118. The van der Waals surface area contributed by atoms with Crippen molar-refractivity contribution in [2.75, 3.05) is 30.3 Å². The Balaban J connectivity index is 2.50. The van der Waals surface area contributed by atoms with Crippen LogP contribution in [0, 0.1) is 0 Å². The van der Waals surface area contributed by atoms with Crippen LogP contribution < -0.4 is 10.6 Å². The topological polar surface area (TPSA) is 62.4 Å². The zero-order chi connectivity index (χ0) is 14.8. The standard InChI is InChI=1S/C13H14F3N3O/c14-13(15,16)8-19(6-7-20)11-4-5-18-12-9(11)2-1-3-10(12)17/h1-5,20H,6-8,17H2. The summed E-state index contributed by atoms with van der Waals surface area (Å²) in [6.45, 7) is -1.63. The summed E-state index contributed by atoms with van der Waals surface area (Å²) in [5.74, 6) is 0. The fourth-order valence-corrected chi connectivity index (χ4v) is 2.08. The number of para-hydroxylation sites is 1. The predicted molar refractivity (Wildman–Crippen MR) is 71.5 cm³/mol. The van der Waals surface area contributed by atoms with E-state index in [1.807, 2.05) is 0 Å². The second-order valence-corrected chi connectivity index (χ2v) is 4.33. The lowest BCUT2D eigenvalue weighted by Crippen LogP contribution is -2.36. The van der Waals surface area contributed by atoms with Crippen LogP contribution in [0.25, 0.3) is 10.9 Å². The Morgan fingerprint density at radius 2 is 2.00 bits per heavy atom. The molecule has 108 valence electrons. The molecule has 0 bridgehead atoms. The van der Waals surface area contributed by atoms with Gasteiger partial charge in [-0.3, -0.25) is 4.98 Å². The molecule has 0 aliphatic heterocycles. The molecular weight excluding hydrogens is 271 g/mol. The molecule has 1 aromatic carbocycles. The van der Waals surface area contributed by atoms with Gasteiger partial charge in [-0.2, -0.15) is 13.2 Å². The Hall–Kier alpha value is -2.02. The first-order valence-corrected chi connectivity index (χ1v) is 5.98. The zero-order valence-corrected chi connectivity index (χ0v) is 10.6. The number of benzene rings is 1. The van der Waals surface area contributed by atoms with E-state index in [0.717, 1.165) is 4.90 Å². The maximum absolute atomic E-state index is 12.6. The lowest BCUT2D eigenvalue weighted by atomic mass is 10.1. The summed E-state index contributed by atoms with van der Waals surface area (Å²) in [7, 11) is 0. The molecular formula is C13H14F3N3O. The first-order valence-electron chi connectivity index (χ1n) is 5.98. The maximum atomic E-state index is 12.6. The summed E-state index contributed by atoms with van der Waals surface area (Å²) in [6.07, 6.45) is -2.94. The number of aliphatic hydroxyl groups is 1. The van der Waals surface area contributed by atoms with Crippen LogP contribution in [0.3, 0.4) is 0 Å². The fourth-order valence-electron chi connectivity index (χ4n) is 2.08. The van der Waals surface area contributed by atoms with Gasteiger partial charge in [0.15, 0.2) is 0 Å². The van der Waals surface area contributed by atoms with Crippen LogP contribution in [-0.2, 0) is 0 Å². The van der Waals surface area contributed by atoms with Gasteiger partial charge in [-0.15, -0.1) is 0 Å². The van der Waals surface area contributed by atoms with Crippen LogP contribution in [0.4, 0.5) is 24.5 Å². The van der Waals surface area contributed by atoms with E-state index in [4.69, 9.17) is 10.8 Å². The molecule has 1 heterocycles. The molecule has 0 radical (unpaired) electrons. The molecule has 0 aliphatic rings. The minimum Gasteiger partial charge on any atom is -0.397 e. The molecule has 0 aliphatic carbocycles. The number of nitrogens with two attached hydrogens (primary N) is 1. The molecule has 0 fully saturated rings. The fraction of sp³-hybridized carbons (Fsp3) is 0.308. The number of hydrogen-bond acceptors (Lipinski definition) is 4. The second-order valence-electron chi connectivity index (χ2n) is 4.33. The molecule has 0 atom stereocenters. The van der Waals surface area contributed by atoms with Crippen LogP contribution in [0.15, 0.2) is 30.5 Å². The minimum atomic E-state index is -4.36. The van der Waals surface area contributed by atoms with Gasteiger partial charge in [-0.05, 0) is 12.1 Å². The van der Waals surface area contributed by atoms with Gasteiger partial charge in [-0.25, -0.2) is 0 Å². The number of nitrogens with zero attached hydrogens (tertiary/aromatic N) is 2. The molecule has 2 rings (SSSR count). The second kappa shape index (κ2) is 5.54. The monoisotopic (exact) mass is 285 g/mol. The van der Waals surface area contributed by atoms with Crippen LogP contribution in [0.5, 0.6) is 0 Å². The van der Waals surface area contributed by atoms with Crippen molar-refractivity contribution in [1.82, 2.24) is 4.98 Å². The number of rotatable bonds is 4. The Morgan fingerprint density at radius 3 is 2.65 bits per heavy atom. The number of fused-ring (bicyclic) bond motifs is 1. The zero-order valence-electron chi connectivity index (χ0n) is 10.6. The van der Waals surface area contributed by atoms with Gasteiger partial charge in [0.05, 0.1) is 17.8 Å². The Morgan fingerprint density at radius 1 is 1.25 bits per heavy atom. The summed E-state index contributed by atoms with van der Waals surface area (Å²) in [5, 5.41) is 9.50. The van der Waals surface area contributed by atoms with Crippen molar-refractivity contribution in [3.63, 3.8) is 0 Å². The lowest BCUT2D eigenvalue weighted by Gasteiger charge is -2.26. The van der Waals surface area contributed by atoms with Crippen LogP contribution in [-0.4, -0.2) is 36.0 Å². The van der Waals surface area contributed by atoms with Gasteiger partial charge in [-0.1, -0.05) is 12.1 Å². The third-order valence-corrected chi connectivity index (χ3v) is 2.86. The van der Waals surface area contributed by atoms with E-state index in [1.165, 1.54) is 12.3 Å². The number of alkyl halides is 3. The van der Waals surface area contributed by atoms with E-state index < -0.39 is 12.7 Å². The maximum Gasteiger partial charge on any atom is 0.405 e. The number of hydrogen-bond donors (Lipinski definition) is 2. The first kappa shape index (κ1) is 14.4. The molecule has 1 aromatic heterocycles. The Labute approximate surface area is 113 Å². The first-order chi connectivity index (χ1) is 9.42. The molecule has 7 heteroatoms. The smallest absolute Gasteiger partial charge is 0.397 e. The number of nitrogen functional groups attached to an aromatic ring is 1. The van der Waals surface area contributed by atoms with Gasteiger partial charge in [0.2, 0.25) is 0 Å². The summed E-state index contributed by atoms with van der Waals surface area (Å²) in [5.41, 5.74) is 6.99. The van der Waals surface area contributed by atoms with E-state index in [2.05, 4.69) is 4.98 Å². The van der Waals surface area contributed by atoms with E-state index in [9.17, 15) is 13.2 Å². The molecule has 0 saturated heterocycles. The average molecular weight is 285 g/mol. The van der Waals surface area contributed by atoms with Gasteiger partial charge in [0.1, 0.15) is 6.54 Å². The van der Waals surface area contributed by atoms with Crippen molar-refractivity contribution in [3.8, 4) is 0 Å². The summed E-state index contributed by atoms with van der Waals surface area (Å²) >= 11 is 0. The SMILES string of the molecule is Nc1cccc2c(N(CCO)CC(F)(F)F)ccnc12. The van der Waals surface area contributed by atoms with Crippen molar-refractivity contribution in [3.05, 3.63) is 30.5 Å². The highest BCUT2D eigenvalue weighted by atomic mass is 19.4. The van der Waals surface area contributed by atoms with Gasteiger partial charge >= 0.3 is 6.18 Å². The Bertz CT molecular complexity index is 601. The lowest BCUT2D eigenvalue weighted by molar-refractivity contribution is -0.119. The van der Waals surface area contributed by atoms with Crippen molar-refractivity contribution in [1.29, 1.82) is 0 Å². The highest BCUT2D eigenvalue weighted by Crippen LogP contribution is 2.30. The van der Waals surface area contributed by atoms with E-state index in [1.54, 1.807) is 18.2 Å². The van der Waals surface area contributed by atoms with Crippen molar-refractivity contribution in [2.24, 2.45) is 0 Å². The number of anilines is 2.